The van der Waals surface area contributed by atoms with Gasteiger partial charge in [-0.2, -0.15) is 0 Å². The van der Waals surface area contributed by atoms with Crippen molar-refractivity contribution in [2.45, 2.75) is 118 Å². The number of aryl methyl sites for hydroxylation is 3. The predicted molar refractivity (Wildman–Crippen MR) is 144 cm³/mol. The van der Waals surface area contributed by atoms with Gasteiger partial charge in [0.15, 0.2) is 5.78 Å². The van der Waals surface area contributed by atoms with E-state index in [1.165, 1.54) is 60.5 Å². The van der Waals surface area contributed by atoms with Gasteiger partial charge in [-0.3, -0.25) is 9.59 Å². The number of carbonyl (C=O) groups excluding carboxylic acids is 2. The monoisotopic (exact) mass is 491 g/mol. The number of Topliss-reactive ketones (excluding diaryl/α,β-unsaturated/α-hetero) is 1. The van der Waals surface area contributed by atoms with Crippen LogP contribution in [0.15, 0.2) is 12.1 Å². The lowest BCUT2D eigenvalue weighted by Gasteiger charge is -2.23. The zero-order valence-corrected chi connectivity index (χ0v) is 23.3. The van der Waals surface area contributed by atoms with Gasteiger partial charge < -0.3 is 4.74 Å². The predicted octanol–water partition coefficient (Wildman–Crippen LogP) is 8.27. The second kappa shape index (κ2) is 17.8. The zero-order valence-electron chi connectivity index (χ0n) is 22.1. The summed E-state index contributed by atoms with van der Waals surface area (Å²) in [6.07, 6.45) is 16.6. The number of hydrogen-bond donors (Lipinski definition) is 0. The standard InChI is InChI=1S/C29H46O3.H2OP/c1-5-6-7-8-9-10-11-12-13-16-19-32-29(31)27(25-17-14-15-18-25)28(30)26-23(3)20-22(2)21-24(26)4;1-2/h20-21,25,27H,5-19H2,1-4H3;2H2/q;+1. The van der Waals surface area contributed by atoms with Crippen LogP contribution in [0.2, 0.25) is 0 Å². The maximum absolute atomic E-state index is 13.5. The van der Waals surface area contributed by atoms with Crippen LogP contribution in [0.25, 0.3) is 0 Å². The van der Waals surface area contributed by atoms with Crippen LogP contribution in [-0.2, 0) is 14.1 Å². The topological polar surface area (TPSA) is 60.4 Å². The summed E-state index contributed by atoms with van der Waals surface area (Å²) in [5.41, 5.74) is 3.82. The van der Waals surface area contributed by atoms with E-state index in [4.69, 9.17) is 9.30 Å². The molecule has 1 aromatic rings. The molecule has 0 spiro atoms. The fraction of sp³-hybridized carbons (Fsp3) is 0.724. The first-order valence-electron chi connectivity index (χ1n) is 13.5. The van der Waals surface area contributed by atoms with Crippen LogP contribution in [-0.4, -0.2) is 18.4 Å². The molecule has 5 heteroatoms. The molecular weight excluding hydrogens is 443 g/mol. The third kappa shape index (κ3) is 10.4. The Kier molecular flexibility index (Phi) is 16.0. The molecule has 1 saturated carbocycles. The van der Waals surface area contributed by atoms with E-state index in [1.54, 1.807) is 0 Å². The summed E-state index contributed by atoms with van der Waals surface area (Å²) in [6, 6.07) is 4.09. The fourth-order valence-electron chi connectivity index (χ4n) is 5.38. The molecule has 192 valence electrons. The highest BCUT2D eigenvalue weighted by molar-refractivity contribution is 7.00. The molecule has 0 aliphatic heterocycles. The Hall–Kier alpha value is -1.54. The van der Waals surface area contributed by atoms with Gasteiger partial charge in [-0.1, -0.05) is 99.8 Å². The third-order valence-corrected chi connectivity index (χ3v) is 7.07. The van der Waals surface area contributed by atoms with Gasteiger partial charge in [0.1, 0.15) is 5.92 Å². The first-order valence-corrected chi connectivity index (χ1v) is 13.9. The summed E-state index contributed by atoms with van der Waals surface area (Å²) in [5.74, 6) is -0.833. The van der Waals surface area contributed by atoms with Gasteiger partial charge in [-0.15, -0.1) is 0 Å². The van der Waals surface area contributed by atoms with Gasteiger partial charge >= 0.3 is 15.1 Å². The highest BCUT2D eigenvalue weighted by atomic mass is 31.0. The lowest BCUT2D eigenvalue weighted by atomic mass is 9.82. The van der Waals surface area contributed by atoms with E-state index in [1.807, 2.05) is 32.9 Å². The summed E-state index contributed by atoms with van der Waals surface area (Å²) < 4.78 is 13.8. The van der Waals surface area contributed by atoms with E-state index < -0.39 is 5.92 Å². The number of ether oxygens (including phenoxy) is 1. The van der Waals surface area contributed by atoms with Gasteiger partial charge in [0.25, 0.3) is 0 Å². The van der Waals surface area contributed by atoms with Crippen LogP contribution in [0, 0.1) is 32.6 Å². The van der Waals surface area contributed by atoms with E-state index in [0.29, 0.717) is 6.61 Å². The molecule has 2 rings (SSSR count). The number of carbonyl (C=O) groups is 2. The molecule has 0 amide bonds. The quantitative estimate of drug-likeness (QED) is 0.0814. The van der Waals surface area contributed by atoms with Crippen LogP contribution >= 0.6 is 9.12 Å². The minimum absolute atomic E-state index is 0.0278. The number of unbranched alkanes of at least 4 members (excludes halogenated alkanes) is 9. The van der Waals surface area contributed by atoms with Gasteiger partial charge in [0.2, 0.25) is 0 Å². The molecular formula is C29H48O4P+. The van der Waals surface area contributed by atoms with Gasteiger partial charge in [-0.25, -0.2) is 0 Å². The summed E-state index contributed by atoms with van der Waals surface area (Å²) >= 11 is 0. The van der Waals surface area contributed by atoms with Crippen LogP contribution in [0.5, 0.6) is 0 Å². The lowest BCUT2D eigenvalue weighted by molar-refractivity contribution is -0.148. The van der Waals surface area contributed by atoms with Crippen molar-refractivity contribution in [2.75, 3.05) is 6.61 Å². The number of benzene rings is 1. The molecule has 1 aromatic carbocycles. The third-order valence-electron chi connectivity index (χ3n) is 7.07. The van der Waals surface area contributed by atoms with E-state index >= 15 is 0 Å². The molecule has 2 unspecified atom stereocenters. The van der Waals surface area contributed by atoms with Crippen molar-refractivity contribution >= 4 is 20.9 Å². The van der Waals surface area contributed by atoms with Gasteiger partial charge in [-0.05, 0) is 57.1 Å². The Morgan fingerprint density at radius 2 is 1.32 bits per heavy atom. The molecule has 0 N–H and O–H groups in total. The van der Waals surface area contributed by atoms with Crippen LogP contribution in [0.1, 0.15) is 124 Å². The molecule has 0 aromatic heterocycles. The number of hydrogen-bond acceptors (Lipinski definition) is 4. The number of esters is 1. The normalized spacial score (nSPS) is 14.4. The fourth-order valence-corrected chi connectivity index (χ4v) is 5.38. The molecule has 1 fully saturated rings. The van der Waals surface area contributed by atoms with E-state index in [9.17, 15) is 9.59 Å². The Morgan fingerprint density at radius 1 is 0.853 bits per heavy atom. The van der Waals surface area contributed by atoms with Crippen LogP contribution in [0.3, 0.4) is 0 Å². The van der Waals surface area contributed by atoms with Crippen molar-refractivity contribution in [3.05, 3.63) is 34.4 Å². The smallest absolute Gasteiger partial charge is 0.317 e. The Labute approximate surface area is 210 Å². The molecule has 2 atom stereocenters. The maximum atomic E-state index is 13.5. The van der Waals surface area contributed by atoms with Crippen molar-refractivity contribution in [1.82, 2.24) is 0 Å². The lowest BCUT2D eigenvalue weighted by Crippen LogP contribution is -2.33. The average Bonchev–Trinajstić information content (AvgIpc) is 3.32. The largest absolute Gasteiger partial charge is 0.465 e. The van der Waals surface area contributed by atoms with Crippen LogP contribution in [0.4, 0.5) is 0 Å². The van der Waals surface area contributed by atoms with E-state index in [0.717, 1.165) is 60.8 Å². The minimum Gasteiger partial charge on any atom is -0.465 e. The summed E-state index contributed by atoms with van der Waals surface area (Å²) in [6.45, 7) is 8.70. The second-order valence-corrected chi connectivity index (χ2v) is 10.0. The Bertz CT molecular complexity index is 717. The zero-order chi connectivity index (χ0) is 25.3. The average molecular weight is 492 g/mol. The molecule has 1 aliphatic rings. The molecule has 1 aliphatic carbocycles. The SMILES string of the molecule is CCCCCCCCCCCCOC(=O)C(C(=O)c1c(C)cc(C)cc1C)C1CCCC1.O=[PH2+]. The van der Waals surface area contributed by atoms with Crippen molar-refractivity contribution in [3.8, 4) is 0 Å². The molecule has 0 saturated heterocycles. The van der Waals surface area contributed by atoms with Crippen molar-refractivity contribution in [3.63, 3.8) is 0 Å². The van der Waals surface area contributed by atoms with Crippen LogP contribution < -0.4 is 0 Å². The van der Waals surface area contributed by atoms with Gasteiger partial charge in [0, 0.05) is 5.56 Å². The maximum Gasteiger partial charge on any atom is 0.317 e. The first kappa shape index (κ1) is 30.5. The van der Waals surface area contributed by atoms with Crippen molar-refractivity contribution in [1.29, 1.82) is 0 Å². The second-order valence-electron chi connectivity index (χ2n) is 10.0. The molecule has 0 heterocycles. The highest BCUT2D eigenvalue weighted by Crippen LogP contribution is 2.35. The Balaban J connectivity index is 0.00000281. The minimum atomic E-state index is -0.638. The molecule has 0 bridgehead atoms. The molecule has 34 heavy (non-hydrogen) atoms. The summed E-state index contributed by atoms with van der Waals surface area (Å²) in [5, 5.41) is 0. The number of ketones is 1. The van der Waals surface area contributed by atoms with Gasteiger partial charge in [0.05, 0.1) is 6.61 Å². The number of rotatable bonds is 15. The molecule has 4 nitrogen and oxygen atoms in total. The highest BCUT2D eigenvalue weighted by Gasteiger charge is 2.38. The summed E-state index contributed by atoms with van der Waals surface area (Å²) in [4.78, 5) is 26.6. The Morgan fingerprint density at radius 3 is 1.82 bits per heavy atom. The summed E-state index contributed by atoms with van der Waals surface area (Å²) in [7, 11) is 1.17. The van der Waals surface area contributed by atoms with Crippen molar-refractivity contribution < 1.29 is 18.9 Å². The van der Waals surface area contributed by atoms with E-state index in [2.05, 4.69) is 6.92 Å². The first-order chi connectivity index (χ1) is 16.5. The molecule has 0 radical (unpaired) electrons. The van der Waals surface area contributed by atoms with E-state index in [-0.39, 0.29) is 17.7 Å². The van der Waals surface area contributed by atoms with Crippen molar-refractivity contribution in [2.24, 2.45) is 11.8 Å².